The van der Waals surface area contributed by atoms with E-state index < -0.39 is 16.6 Å². The van der Waals surface area contributed by atoms with Gasteiger partial charge in [-0.15, -0.1) is 0 Å². The van der Waals surface area contributed by atoms with Crippen LogP contribution in [0.15, 0.2) is 0 Å². The minimum atomic E-state index is -0.662. The summed E-state index contributed by atoms with van der Waals surface area (Å²) in [6, 6.07) is 0. The molecule has 24 heavy (non-hydrogen) atoms. The van der Waals surface area contributed by atoms with E-state index >= 15 is 0 Å². The monoisotopic (exact) mass is 336 g/mol. The van der Waals surface area contributed by atoms with Gasteiger partial charge in [-0.2, -0.15) is 0 Å². The molecule has 4 fully saturated rings. The molecule has 4 bridgehead atoms. The molecule has 0 aromatic carbocycles. The first-order chi connectivity index (χ1) is 10.9. The summed E-state index contributed by atoms with van der Waals surface area (Å²) in [4.78, 5) is 26.2. The summed E-state index contributed by atoms with van der Waals surface area (Å²) < 4.78 is 11.5. The van der Waals surface area contributed by atoms with Gasteiger partial charge in [0.25, 0.3) is 0 Å². The molecule has 0 radical (unpaired) electrons. The Labute approximate surface area is 145 Å². The standard InChI is InChI=1S/C20H32O4/c1-18(2,3)23-16(21)15-14-8-12-7-13(9-14)11-20(15,10-12)17(22)24-19(4,5)6/h12-15H,7-11H2,1-6H3. The fraction of sp³-hybridized carbons (Fsp3) is 0.900. The van der Waals surface area contributed by atoms with Crippen molar-refractivity contribution in [2.45, 2.75) is 84.8 Å². The van der Waals surface area contributed by atoms with Crippen molar-refractivity contribution in [2.24, 2.45) is 29.1 Å². The van der Waals surface area contributed by atoms with Crippen LogP contribution in [-0.4, -0.2) is 23.1 Å². The third-order valence-electron chi connectivity index (χ3n) is 5.78. The average Bonchev–Trinajstić information content (AvgIpc) is 2.32. The van der Waals surface area contributed by atoms with Crippen molar-refractivity contribution < 1.29 is 19.1 Å². The van der Waals surface area contributed by atoms with Crippen molar-refractivity contribution in [3.05, 3.63) is 0 Å². The van der Waals surface area contributed by atoms with E-state index in [1.54, 1.807) is 0 Å². The van der Waals surface area contributed by atoms with Gasteiger partial charge in [0.1, 0.15) is 11.2 Å². The van der Waals surface area contributed by atoms with Gasteiger partial charge < -0.3 is 9.47 Å². The highest BCUT2D eigenvalue weighted by Gasteiger charge is 2.64. The Morgan fingerprint density at radius 2 is 1.33 bits per heavy atom. The van der Waals surface area contributed by atoms with Gasteiger partial charge in [-0.3, -0.25) is 9.59 Å². The summed E-state index contributed by atoms with van der Waals surface area (Å²) in [6.07, 6.45) is 4.91. The third-order valence-corrected chi connectivity index (χ3v) is 5.78. The predicted octanol–water partition coefficient (Wildman–Crippen LogP) is 4.11. The summed E-state index contributed by atoms with van der Waals surface area (Å²) in [5.41, 5.74) is -1.72. The molecule has 0 aromatic heterocycles. The molecule has 4 rings (SSSR count). The molecule has 0 saturated heterocycles. The highest BCUT2D eigenvalue weighted by Crippen LogP contribution is 2.63. The summed E-state index contributed by atoms with van der Waals surface area (Å²) >= 11 is 0. The van der Waals surface area contributed by atoms with Crippen LogP contribution >= 0.6 is 0 Å². The van der Waals surface area contributed by atoms with Crippen molar-refractivity contribution in [3.8, 4) is 0 Å². The first kappa shape index (κ1) is 17.8. The molecule has 0 aliphatic heterocycles. The van der Waals surface area contributed by atoms with Crippen LogP contribution < -0.4 is 0 Å². The van der Waals surface area contributed by atoms with Gasteiger partial charge in [0, 0.05) is 0 Å². The fourth-order valence-corrected chi connectivity index (χ4v) is 5.50. The number of hydrogen-bond acceptors (Lipinski definition) is 4. The number of rotatable bonds is 2. The first-order valence-electron chi connectivity index (χ1n) is 9.36. The summed E-state index contributed by atoms with van der Waals surface area (Å²) in [5, 5.41) is 0. The molecule has 4 aliphatic rings. The zero-order valence-electron chi connectivity index (χ0n) is 16.0. The van der Waals surface area contributed by atoms with Crippen LogP contribution in [0.3, 0.4) is 0 Å². The molecule has 4 aliphatic carbocycles. The molecule has 4 heteroatoms. The molecular weight excluding hydrogens is 304 g/mol. The van der Waals surface area contributed by atoms with Crippen molar-refractivity contribution in [3.63, 3.8) is 0 Å². The second-order valence-electron chi connectivity index (χ2n) is 10.3. The van der Waals surface area contributed by atoms with E-state index in [1.165, 1.54) is 6.42 Å². The number of esters is 2. The Hall–Kier alpha value is -1.06. The van der Waals surface area contributed by atoms with Gasteiger partial charge in [0.15, 0.2) is 0 Å². The fourth-order valence-electron chi connectivity index (χ4n) is 5.50. The molecule has 3 atom stereocenters. The highest BCUT2D eigenvalue weighted by atomic mass is 16.6. The maximum atomic E-state index is 13.2. The molecule has 0 heterocycles. The van der Waals surface area contributed by atoms with Crippen molar-refractivity contribution in [1.82, 2.24) is 0 Å². The van der Waals surface area contributed by atoms with Gasteiger partial charge in [-0.1, -0.05) is 0 Å². The quantitative estimate of drug-likeness (QED) is 0.712. The Morgan fingerprint density at radius 3 is 1.79 bits per heavy atom. The van der Waals surface area contributed by atoms with Gasteiger partial charge in [0.05, 0.1) is 11.3 Å². The van der Waals surface area contributed by atoms with E-state index in [2.05, 4.69) is 0 Å². The molecule has 4 saturated carbocycles. The maximum absolute atomic E-state index is 13.2. The molecule has 4 nitrogen and oxygen atoms in total. The molecular formula is C20H32O4. The lowest BCUT2D eigenvalue weighted by atomic mass is 9.45. The van der Waals surface area contributed by atoms with Crippen LogP contribution in [0.2, 0.25) is 0 Å². The maximum Gasteiger partial charge on any atom is 0.313 e. The number of ether oxygens (including phenoxy) is 2. The van der Waals surface area contributed by atoms with Gasteiger partial charge in [-0.05, 0) is 91.4 Å². The van der Waals surface area contributed by atoms with E-state index in [1.807, 2.05) is 41.5 Å². The van der Waals surface area contributed by atoms with E-state index in [-0.39, 0.29) is 23.8 Å². The van der Waals surface area contributed by atoms with Crippen LogP contribution in [0.5, 0.6) is 0 Å². The first-order valence-corrected chi connectivity index (χ1v) is 9.36. The lowest BCUT2D eigenvalue weighted by Gasteiger charge is -2.59. The van der Waals surface area contributed by atoms with Crippen LogP contribution in [0.25, 0.3) is 0 Å². The molecule has 0 spiro atoms. The summed E-state index contributed by atoms with van der Waals surface area (Å²) in [7, 11) is 0. The van der Waals surface area contributed by atoms with E-state index in [9.17, 15) is 9.59 Å². The second kappa shape index (κ2) is 5.47. The van der Waals surface area contributed by atoms with E-state index in [0.717, 1.165) is 25.7 Å². The zero-order chi connectivity index (χ0) is 17.9. The normalized spacial score (nSPS) is 38.1. The minimum Gasteiger partial charge on any atom is -0.460 e. The largest absolute Gasteiger partial charge is 0.460 e. The Balaban J connectivity index is 1.93. The van der Waals surface area contributed by atoms with Crippen molar-refractivity contribution in [2.75, 3.05) is 0 Å². The number of hydrogen-bond donors (Lipinski definition) is 0. The summed E-state index contributed by atoms with van der Waals surface area (Å²) in [5.74, 6) is 0.697. The van der Waals surface area contributed by atoms with Crippen LogP contribution in [0, 0.1) is 29.1 Å². The highest BCUT2D eigenvalue weighted by molar-refractivity contribution is 5.87. The number of carbonyl (C=O) groups excluding carboxylic acids is 2. The lowest BCUT2D eigenvalue weighted by Crippen LogP contribution is -2.60. The predicted molar refractivity (Wildman–Crippen MR) is 91.2 cm³/mol. The number of carbonyl (C=O) groups is 2. The second-order valence-corrected chi connectivity index (χ2v) is 10.3. The van der Waals surface area contributed by atoms with Gasteiger partial charge in [0.2, 0.25) is 0 Å². The molecule has 0 N–H and O–H groups in total. The lowest BCUT2D eigenvalue weighted by molar-refractivity contribution is -0.207. The van der Waals surface area contributed by atoms with Crippen LogP contribution in [0.4, 0.5) is 0 Å². The Morgan fingerprint density at radius 1 is 0.833 bits per heavy atom. The Kier molecular flexibility index (Phi) is 4.05. The molecule has 136 valence electrons. The van der Waals surface area contributed by atoms with E-state index in [0.29, 0.717) is 11.8 Å². The van der Waals surface area contributed by atoms with Crippen LogP contribution in [0.1, 0.15) is 73.6 Å². The van der Waals surface area contributed by atoms with Crippen LogP contribution in [-0.2, 0) is 19.1 Å². The molecule has 3 unspecified atom stereocenters. The topological polar surface area (TPSA) is 52.6 Å². The van der Waals surface area contributed by atoms with Crippen molar-refractivity contribution in [1.29, 1.82) is 0 Å². The third kappa shape index (κ3) is 3.21. The van der Waals surface area contributed by atoms with Gasteiger partial charge in [-0.25, -0.2) is 0 Å². The SMILES string of the molecule is CC(C)(C)OC(=O)C1C2CC3CC(C2)CC1(C(=O)OC(C)(C)C)C3. The summed E-state index contributed by atoms with van der Waals surface area (Å²) in [6.45, 7) is 11.4. The molecule has 0 aromatic rings. The zero-order valence-corrected chi connectivity index (χ0v) is 16.0. The minimum absolute atomic E-state index is 0.176. The smallest absolute Gasteiger partial charge is 0.313 e. The van der Waals surface area contributed by atoms with Crippen molar-refractivity contribution >= 4 is 11.9 Å². The Bertz CT molecular complexity index is 523. The van der Waals surface area contributed by atoms with Gasteiger partial charge >= 0.3 is 11.9 Å². The van der Waals surface area contributed by atoms with E-state index in [4.69, 9.17) is 9.47 Å². The average molecular weight is 336 g/mol. The molecule has 0 amide bonds.